The lowest BCUT2D eigenvalue weighted by molar-refractivity contribution is 1.13. The van der Waals surface area contributed by atoms with E-state index in [1.165, 1.54) is 10.5 Å². The average molecular weight is 181 g/mol. The largest absolute Gasteiger partial charge is 0.330 e. The molecule has 66 valence electrons. The maximum absolute atomic E-state index is 5.41. The zero-order chi connectivity index (χ0) is 8.81. The number of hydrogen-bond donors (Lipinski definition) is 1. The van der Waals surface area contributed by atoms with Crippen LogP contribution in [0.25, 0.3) is 0 Å². The minimum absolute atomic E-state index is 0.750. The van der Waals surface area contributed by atoms with Gasteiger partial charge in [0.1, 0.15) is 0 Å². The molecular formula is C10H15NS. The molecule has 0 heterocycles. The van der Waals surface area contributed by atoms with E-state index < -0.39 is 0 Å². The van der Waals surface area contributed by atoms with E-state index in [0.29, 0.717) is 0 Å². The zero-order valence-corrected chi connectivity index (χ0v) is 8.23. The highest BCUT2D eigenvalue weighted by atomic mass is 32.2. The second-order valence-corrected chi connectivity index (χ2v) is 3.80. The zero-order valence-electron chi connectivity index (χ0n) is 7.42. The molecule has 12 heavy (non-hydrogen) atoms. The summed E-state index contributed by atoms with van der Waals surface area (Å²) in [6.07, 6.45) is 1.11. The first kappa shape index (κ1) is 9.62. The normalized spacial score (nSPS) is 10.2. The molecule has 0 saturated carbocycles. The molecule has 0 spiro atoms. The van der Waals surface area contributed by atoms with Gasteiger partial charge in [-0.25, -0.2) is 0 Å². The lowest BCUT2D eigenvalue weighted by Gasteiger charge is -2.00. The Hall–Kier alpha value is -0.470. The van der Waals surface area contributed by atoms with E-state index >= 15 is 0 Å². The molecule has 0 radical (unpaired) electrons. The first-order chi connectivity index (χ1) is 5.86. The van der Waals surface area contributed by atoms with Gasteiger partial charge in [-0.2, -0.15) is 0 Å². The average Bonchev–Trinajstić information content (AvgIpc) is 2.15. The summed E-state index contributed by atoms with van der Waals surface area (Å²) in [5.41, 5.74) is 6.81. The maximum atomic E-state index is 5.41. The summed E-state index contributed by atoms with van der Waals surface area (Å²) in [4.78, 5) is 1.32. The SMILES string of the molecule is CCc1ccc(SCCN)cc1. The van der Waals surface area contributed by atoms with Gasteiger partial charge in [-0.05, 0) is 24.1 Å². The van der Waals surface area contributed by atoms with Crippen molar-refractivity contribution in [1.29, 1.82) is 0 Å². The molecule has 0 aliphatic heterocycles. The molecule has 1 aromatic rings. The van der Waals surface area contributed by atoms with Crippen molar-refractivity contribution in [3.8, 4) is 0 Å². The minimum Gasteiger partial charge on any atom is -0.330 e. The lowest BCUT2D eigenvalue weighted by Crippen LogP contribution is -2.00. The van der Waals surface area contributed by atoms with Crippen LogP contribution in [0.5, 0.6) is 0 Å². The molecule has 0 fully saturated rings. The molecule has 2 N–H and O–H groups in total. The Bertz CT molecular complexity index is 218. The molecule has 1 rings (SSSR count). The highest BCUT2D eigenvalue weighted by Crippen LogP contribution is 2.17. The van der Waals surface area contributed by atoms with Crippen molar-refractivity contribution in [3.05, 3.63) is 29.8 Å². The van der Waals surface area contributed by atoms with Crippen LogP contribution in [0.4, 0.5) is 0 Å². The molecule has 0 saturated heterocycles. The summed E-state index contributed by atoms with van der Waals surface area (Å²) >= 11 is 1.81. The van der Waals surface area contributed by atoms with Gasteiger partial charge in [0.2, 0.25) is 0 Å². The third kappa shape index (κ3) is 2.88. The third-order valence-corrected chi connectivity index (χ3v) is 2.76. The Kier molecular flexibility index (Phi) is 4.19. The molecule has 2 heteroatoms. The van der Waals surface area contributed by atoms with Crippen LogP contribution in [0, 0.1) is 0 Å². The van der Waals surface area contributed by atoms with Crippen molar-refractivity contribution >= 4 is 11.8 Å². The summed E-state index contributed by atoms with van der Waals surface area (Å²) in [5.74, 6) is 1.01. The van der Waals surface area contributed by atoms with Crippen LogP contribution >= 0.6 is 11.8 Å². The predicted octanol–water partition coefficient (Wildman–Crippen LogP) is 2.30. The van der Waals surface area contributed by atoms with Crippen molar-refractivity contribution in [3.63, 3.8) is 0 Å². The number of thioether (sulfide) groups is 1. The summed E-state index contributed by atoms with van der Waals surface area (Å²) < 4.78 is 0. The maximum Gasteiger partial charge on any atom is 0.0103 e. The summed E-state index contributed by atoms with van der Waals surface area (Å²) in [5, 5.41) is 0. The van der Waals surface area contributed by atoms with Crippen molar-refractivity contribution in [1.82, 2.24) is 0 Å². The number of nitrogens with two attached hydrogens (primary N) is 1. The molecule has 1 aromatic carbocycles. The third-order valence-electron chi connectivity index (χ3n) is 1.72. The summed E-state index contributed by atoms with van der Waals surface area (Å²) in [6, 6.07) is 8.69. The molecule has 0 amide bonds. The van der Waals surface area contributed by atoms with Crippen molar-refractivity contribution in [2.75, 3.05) is 12.3 Å². The highest BCUT2D eigenvalue weighted by molar-refractivity contribution is 7.99. The van der Waals surface area contributed by atoms with Crippen molar-refractivity contribution < 1.29 is 0 Å². The molecule has 0 atom stereocenters. The summed E-state index contributed by atoms with van der Waals surface area (Å²) in [6.45, 7) is 2.92. The van der Waals surface area contributed by atoms with Crippen LogP contribution in [0.3, 0.4) is 0 Å². The fourth-order valence-corrected chi connectivity index (χ4v) is 1.68. The Morgan fingerprint density at radius 3 is 2.42 bits per heavy atom. The van der Waals surface area contributed by atoms with Crippen LogP contribution in [-0.2, 0) is 6.42 Å². The van der Waals surface area contributed by atoms with E-state index in [-0.39, 0.29) is 0 Å². The second-order valence-electron chi connectivity index (χ2n) is 2.63. The van der Waals surface area contributed by atoms with Gasteiger partial charge in [-0.15, -0.1) is 11.8 Å². The quantitative estimate of drug-likeness (QED) is 0.721. The Morgan fingerprint density at radius 1 is 1.25 bits per heavy atom. The topological polar surface area (TPSA) is 26.0 Å². The molecule has 0 aliphatic carbocycles. The smallest absolute Gasteiger partial charge is 0.0103 e. The number of aryl methyl sites for hydroxylation is 1. The van der Waals surface area contributed by atoms with Gasteiger partial charge in [0, 0.05) is 17.2 Å². The molecule has 0 aliphatic rings. The molecule has 0 aromatic heterocycles. The van der Waals surface area contributed by atoms with E-state index in [4.69, 9.17) is 5.73 Å². The minimum atomic E-state index is 0.750. The van der Waals surface area contributed by atoms with Gasteiger partial charge in [0.05, 0.1) is 0 Å². The van der Waals surface area contributed by atoms with Crippen LogP contribution in [0.2, 0.25) is 0 Å². The van der Waals surface area contributed by atoms with E-state index in [0.717, 1.165) is 18.7 Å². The predicted molar refractivity (Wildman–Crippen MR) is 55.6 cm³/mol. The fourth-order valence-electron chi connectivity index (χ4n) is 0.998. The fraction of sp³-hybridized carbons (Fsp3) is 0.400. The first-order valence-electron chi connectivity index (χ1n) is 4.28. The Morgan fingerprint density at radius 2 is 1.92 bits per heavy atom. The van der Waals surface area contributed by atoms with Gasteiger partial charge < -0.3 is 5.73 Å². The molecule has 0 bridgehead atoms. The lowest BCUT2D eigenvalue weighted by atomic mass is 10.2. The van der Waals surface area contributed by atoms with Crippen molar-refractivity contribution in [2.45, 2.75) is 18.2 Å². The first-order valence-corrected chi connectivity index (χ1v) is 5.27. The monoisotopic (exact) mass is 181 g/mol. The number of rotatable bonds is 4. The van der Waals surface area contributed by atoms with Crippen LogP contribution < -0.4 is 5.73 Å². The number of benzene rings is 1. The number of hydrogen-bond acceptors (Lipinski definition) is 2. The van der Waals surface area contributed by atoms with E-state index in [9.17, 15) is 0 Å². The van der Waals surface area contributed by atoms with Crippen LogP contribution in [0.15, 0.2) is 29.2 Å². The highest BCUT2D eigenvalue weighted by Gasteiger charge is 1.92. The Balaban J connectivity index is 2.53. The van der Waals surface area contributed by atoms with E-state index in [1.807, 2.05) is 11.8 Å². The van der Waals surface area contributed by atoms with Gasteiger partial charge >= 0.3 is 0 Å². The van der Waals surface area contributed by atoms with Gasteiger partial charge in [-0.3, -0.25) is 0 Å². The van der Waals surface area contributed by atoms with E-state index in [2.05, 4.69) is 31.2 Å². The molecule has 1 nitrogen and oxygen atoms in total. The van der Waals surface area contributed by atoms with Gasteiger partial charge in [-0.1, -0.05) is 19.1 Å². The van der Waals surface area contributed by atoms with Crippen LogP contribution in [-0.4, -0.2) is 12.3 Å². The van der Waals surface area contributed by atoms with Gasteiger partial charge in [0.25, 0.3) is 0 Å². The molecule has 0 unspecified atom stereocenters. The van der Waals surface area contributed by atoms with Gasteiger partial charge in [0.15, 0.2) is 0 Å². The molecular weight excluding hydrogens is 166 g/mol. The Labute approximate surface area is 78.4 Å². The standard InChI is InChI=1S/C10H15NS/c1-2-9-3-5-10(6-4-9)12-8-7-11/h3-6H,2,7-8,11H2,1H3. The van der Waals surface area contributed by atoms with Crippen LogP contribution in [0.1, 0.15) is 12.5 Å². The second kappa shape index (κ2) is 5.22. The summed E-state index contributed by atoms with van der Waals surface area (Å²) in [7, 11) is 0. The van der Waals surface area contributed by atoms with Crippen molar-refractivity contribution in [2.24, 2.45) is 5.73 Å². The van der Waals surface area contributed by atoms with E-state index in [1.54, 1.807) is 0 Å².